The van der Waals surface area contributed by atoms with Crippen LogP contribution in [0, 0.1) is 6.92 Å². The van der Waals surface area contributed by atoms with E-state index in [0.29, 0.717) is 18.9 Å². The molecule has 3 nitrogen and oxygen atoms in total. The lowest BCUT2D eigenvalue weighted by Crippen LogP contribution is -2.02. The van der Waals surface area contributed by atoms with Crippen molar-refractivity contribution in [3.05, 3.63) is 96.4 Å². The summed E-state index contributed by atoms with van der Waals surface area (Å²) in [7, 11) is 0. The number of hydrogen-bond acceptors (Lipinski definition) is 3. The summed E-state index contributed by atoms with van der Waals surface area (Å²) in [4.78, 5) is 4.62. The maximum Gasteiger partial charge on any atom is 0.226 e. The summed E-state index contributed by atoms with van der Waals surface area (Å²) in [6.45, 7) is 2.51. The summed E-state index contributed by atoms with van der Waals surface area (Å²) in [5.41, 5.74) is 4.32. The second-order valence-electron chi connectivity index (χ2n) is 6.38. The molecule has 0 spiro atoms. The van der Waals surface area contributed by atoms with E-state index in [2.05, 4.69) is 29.2 Å². The molecule has 27 heavy (non-hydrogen) atoms. The Kier molecular flexibility index (Phi) is 5.01. The summed E-state index contributed by atoms with van der Waals surface area (Å²) in [6, 6.07) is 28.5. The van der Waals surface area contributed by atoms with Gasteiger partial charge in [0.15, 0.2) is 0 Å². The van der Waals surface area contributed by atoms with Crippen LogP contribution < -0.4 is 4.74 Å². The third kappa shape index (κ3) is 4.09. The molecule has 3 heteroatoms. The Morgan fingerprint density at radius 2 is 1.33 bits per heavy atom. The molecule has 0 unspecified atom stereocenters. The minimum absolute atomic E-state index is 0.562. The molecular weight excluding hydrogens is 334 g/mol. The van der Waals surface area contributed by atoms with Crippen LogP contribution in [0.3, 0.4) is 0 Å². The van der Waals surface area contributed by atoms with Crippen LogP contribution in [0.4, 0.5) is 0 Å². The largest absolute Gasteiger partial charge is 0.493 e. The summed E-state index contributed by atoms with van der Waals surface area (Å²) in [5, 5.41) is 0. The number of hydrogen-bond donors (Lipinski definition) is 0. The first-order valence-electron chi connectivity index (χ1n) is 9.09. The van der Waals surface area contributed by atoms with E-state index in [1.807, 2.05) is 67.6 Å². The second-order valence-corrected chi connectivity index (χ2v) is 6.38. The van der Waals surface area contributed by atoms with Crippen LogP contribution in [0.2, 0.25) is 0 Å². The topological polar surface area (TPSA) is 35.3 Å². The van der Waals surface area contributed by atoms with E-state index in [1.165, 1.54) is 11.1 Å². The van der Waals surface area contributed by atoms with Crippen LogP contribution in [0.1, 0.15) is 11.5 Å². The number of aromatic nitrogens is 1. The average molecular weight is 355 g/mol. The first kappa shape index (κ1) is 17.1. The molecule has 0 aliphatic heterocycles. The van der Waals surface area contributed by atoms with Crippen LogP contribution >= 0.6 is 0 Å². The van der Waals surface area contributed by atoms with Crippen molar-refractivity contribution in [2.75, 3.05) is 6.61 Å². The van der Waals surface area contributed by atoms with Gasteiger partial charge < -0.3 is 9.15 Å². The van der Waals surface area contributed by atoms with Crippen molar-refractivity contribution in [1.29, 1.82) is 0 Å². The van der Waals surface area contributed by atoms with Crippen molar-refractivity contribution in [2.24, 2.45) is 0 Å². The summed E-state index contributed by atoms with van der Waals surface area (Å²) in [5.74, 6) is 2.37. The van der Waals surface area contributed by atoms with Crippen LogP contribution in [0.15, 0.2) is 89.3 Å². The van der Waals surface area contributed by atoms with Crippen molar-refractivity contribution in [2.45, 2.75) is 13.3 Å². The van der Waals surface area contributed by atoms with Gasteiger partial charge in [-0.2, -0.15) is 0 Å². The van der Waals surface area contributed by atoms with Gasteiger partial charge in [-0.3, -0.25) is 0 Å². The Balaban J connectivity index is 1.37. The van der Waals surface area contributed by atoms with Crippen molar-refractivity contribution >= 4 is 0 Å². The highest BCUT2D eigenvalue weighted by molar-refractivity contribution is 5.63. The van der Waals surface area contributed by atoms with Crippen molar-refractivity contribution in [3.8, 4) is 28.3 Å². The van der Waals surface area contributed by atoms with Crippen LogP contribution in [0.25, 0.3) is 22.6 Å². The smallest absolute Gasteiger partial charge is 0.226 e. The Morgan fingerprint density at radius 1 is 0.741 bits per heavy atom. The van der Waals surface area contributed by atoms with Crippen LogP contribution in [-0.4, -0.2) is 11.6 Å². The molecule has 1 heterocycles. The molecule has 1 aromatic heterocycles. The molecule has 0 N–H and O–H groups in total. The molecule has 0 atom stereocenters. The number of ether oxygens (including phenoxy) is 1. The first-order valence-corrected chi connectivity index (χ1v) is 9.09. The summed E-state index contributed by atoms with van der Waals surface area (Å²) in [6.07, 6.45) is 0.711. The van der Waals surface area contributed by atoms with Crippen LogP contribution in [-0.2, 0) is 6.42 Å². The van der Waals surface area contributed by atoms with Crippen molar-refractivity contribution in [3.63, 3.8) is 0 Å². The van der Waals surface area contributed by atoms with E-state index in [9.17, 15) is 0 Å². The first-order chi connectivity index (χ1) is 13.3. The number of nitrogens with zero attached hydrogens (tertiary/aromatic N) is 1. The van der Waals surface area contributed by atoms with Gasteiger partial charge in [0, 0.05) is 12.0 Å². The maximum atomic E-state index is 5.89. The fraction of sp³-hybridized carbons (Fsp3) is 0.125. The van der Waals surface area contributed by atoms with Gasteiger partial charge in [0.05, 0.1) is 12.3 Å². The highest BCUT2D eigenvalue weighted by atomic mass is 16.5. The molecule has 0 radical (unpaired) electrons. The Hall–Kier alpha value is -3.33. The zero-order valence-electron chi connectivity index (χ0n) is 15.3. The lowest BCUT2D eigenvalue weighted by atomic mass is 10.1. The fourth-order valence-electron chi connectivity index (χ4n) is 3.00. The highest BCUT2D eigenvalue weighted by Crippen LogP contribution is 2.23. The molecule has 4 rings (SSSR count). The Morgan fingerprint density at radius 3 is 2.00 bits per heavy atom. The molecule has 0 saturated carbocycles. The van der Waals surface area contributed by atoms with E-state index in [0.717, 1.165) is 22.8 Å². The molecule has 0 fully saturated rings. The molecule has 3 aromatic carbocycles. The molecular formula is C24H21NO2. The molecule has 0 saturated heterocycles. The quantitative estimate of drug-likeness (QED) is 0.429. The third-order valence-electron chi connectivity index (χ3n) is 4.48. The SMILES string of the molecule is Cc1oc(-c2ccccc2)nc1CCOc1ccc(-c2ccccc2)cc1. The fourth-order valence-corrected chi connectivity index (χ4v) is 3.00. The van der Waals surface area contributed by atoms with Gasteiger partial charge in [-0.05, 0) is 42.3 Å². The van der Waals surface area contributed by atoms with Crippen molar-refractivity contribution in [1.82, 2.24) is 4.98 Å². The number of rotatable bonds is 6. The molecule has 4 aromatic rings. The zero-order valence-corrected chi connectivity index (χ0v) is 15.3. The second kappa shape index (κ2) is 7.92. The maximum absolute atomic E-state index is 5.89. The van der Waals surface area contributed by atoms with Crippen molar-refractivity contribution < 1.29 is 9.15 Å². The summed E-state index contributed by atoms with van der Waals surface area (Å²) < 4.78 is 11.7. The van der Waals surface area contributed by atoms with Gasteiger partial charge in [0.2, 0.25) is 5.89 Å². The molecule has 0 bridgehead atoms. The average Bonchev–Trinajstić information content (AvgIpc) is 3.10. The molecule has 0 aliphatic rings. The van der Waals surface area contributed by atoms with Gasteiger partial charge in [-0.1, -0.05) is 60.7 Å². The van der Waals surface area contributed by atoms with Gasteiger partial charge in [0.25, 0.3) is 0 Å². The normalized spacial score (nSPS) is 10.7. The monoisotopic (exact) mass is 355 g/mol. The zero-order chi connectivity index (χ0) is 18.5. The molecule has 134 valence electrons. The molecule has 0 amide bonds. The Labute approximate surface area is 159 Å². The predicted molar refractivity (Wildman–Crippen MR) is 108 cm³/mol. The Bertz CT molecular complexity index is 990. The predicted octanol–water partition coefficient (Wildman–Crippen LogP) is 5.94. The lowest BCUT2D eigenvalue weighted by Gasteiger charge is -2.07. The summed E-state index contributed by atoms with van der Waals surface area (Å²) >= 11 is 0. The minimum Gasteiger partial charge on any atom is -0.493 e. The standard InChI is InChI=1S/C24H21NO2/c1-18-23(25-24(27-18)21-10-6-3-7-11-21)16-17-26-22-14-12-20(13-15-22)19-8-4-2-5-9-19/h2-15H,16-17H2,1H3. The number of aryl methyl sites for hydroxylation is 1. The van der Waals surface area contributed by atoms with Gasteiger partial charge in [-0.15, -0.1) is 0 Å². The van der Waals surface area contributed by atoms with E-state index in [-0.39, 0.29) is 0 Å². The van der Waals surface area contributed by atoms with E-state index in [4.69, 9.17) is 9.15 Å². The minimum atomic E-state index is 0.562. The molecule has 0 aliphatic carbocycles. The number of benzene rings is 3. The van der Waals surface area contributed by atoms with Gasteiger partial charge >= 0.3 is 0 Å². The number of oxazole rings is 1. The lowest BCUT2D eigenvalue weighted by molar-refractivity contribution is 0.320. The van der Waals surface area contributed by atoms with Gasteiger partial charge in [-0.25, -0.2) is 4.98 Å². The van der Waals surface area contributed by atoms with Gasteiger partial charge in [0.1, 0.15) is 11.5 Å². The van der Waals surface area contributed by atoms with Crippen LogP contribution in [0.5, 0.6) is 5.75 Å². The third-order valence-corrected chi connectivity index (χ3v) is 4.48. The van der Waals surface area contributed by atoms with E-state index in [1.54, 1.807) is 0 Å². The van der Waals surface area contributed by atoms with E-state index >= 15 is 0 Å². The highest BCUT2D eigenvalue weighted by Gasteiger charge is 2.11. The van der Waals surface area contributed by atoms with E-state index < -0.39 is 0 Å².